The lowest BCUT2D eigenvalue weighted by Crippen LogP contribution is -2.27. The number of nitrogen functional groups attached to an aromatic ring is 1. The van der Waals surface area contributed by atoms with Gasteiger partial charge in [-0.2, -0.15) is 0 Å². The first-order valence-electron chi connectivity index (χ1n) is 6.26. The summed E-state index contributed by atoms with van der Waals surface area (Å²) in [5, 5.41) is 5.15. The van der Waals surface area contributed by atoms with E-state index in [1.54, 1.807) is 0 Å². The van der Waals surface area contributed by atoms with Crippen LogP contribution in [0.1, 0.15) is 31.9 Å². The molecule has 1 rings (SSSR count). The van der Waals surface area contributed by atoms with Gasteiger partial charge in [0.05, 0.1) is 12.1 Å². The normalized spacial score (nSPS) is 10.5. The van der Waals surface area contributed by atoms with Crippen molar-refractivity contribution < 1.29 is 9.53 Å². The van der Waals surface area contributed by atoms with Gasteiger partial charge in [-0.15, -0.1) is 11.3 Å². The second-order valence-corrected chi connectivity index (χ2v) is 4.91. The van der Waals surface area contributed by atoms with Gasteiger partial charge < -0.3 is 15.8 Å². The number of ether oxygens (including phenoxy) is 1. The Labute approximate surface area is 112 Å². The van der Waals surface area contributed by atoms with Crippen molar-refractivity contribution in [2.45, 2.75) is 32.6 Å². The van der Waals surface area contributed by atoms with Crippen molar-refractivity contribution in [1.29, 1.82) is 0 Å². The first kappa shape index (κ1) is 14.9. The summed E-state index contributed by atoms with van der Waals surface area (Å²) in [4.78, 5) is 15.6. The monoisotopic (exact) mass is 271 g/mol. The topological polar surface area (TPSA) is 77.2 Å². The molecule has 102 valence electrons. The number of nitrogens with zero attached hydrogens (tertiary/aromatic N) is 1. The third kappa shape index (κ3) is 6.56. The molecule has 0 spiro atoms. The molecule has 1 aromatic heterocycles. The van der Waals surface area contributed by atoms with Gasteiger partial charge in [-0.3, -0.25) is 4.79 Å². The Morgan fingerprint density at radius 3 is 2.94 bits per heavy atom. The van der Waals surface area contributed by atoms with Gasteiger partial charge in [-0.05, 0) is 12.8 Å². The van der Waals surface area contributed by atoms with Crippen LogP contribution in [-0.4, -0.2) is 30.6 Å². The Morgan fingerprint density at radius 2 is 2.28 bits per heavy atom. The number of anilines is 1. The molecule has 0 saturated heterocycles. The lowest BCUT2D eigenvalue weighted by molar-refractivity contribution is -0.120. The van der Waals surface area contributed by atoms with Gasteiger partial charge >= 0.3 is 0 Å². The van der Waals surface area contributed by atoms with E-state index in [-0.39, 0.29) is 5.91 Å². The molecule has 0 saturated carbocycles. The van der Waals surface area contributed by atoms with Crippen LogP contribution in [0, 0.1) is 0 Å². The summed E-state index contributed by atoms with van der Waals surface area (Å²) in [7, 11) is 0. The first-order valence-corrected chi connectivity index (χ1v) is 7.14. The Kier molecular flexibility index (Phi) is 7.36. The summed E-state index contributed by atoms with van der Waals surface area (Å²) in [6.07, 6.45) is 3.38. The SMILES string of the molecule is CCCCOCCCNC(=O)Cc1csc(N)n1. The van der Waals surface area contributed by atoms with Gasteiger partial charge in [-0.1, -0.05) is 13.3 Å². The van der Waals surface area contributed by atoms with Crippen LogP contribution in [0.15, 0.2) is 5.38 Å². The summed E-state index contributed by atoms with van der Waals surface area (Å²) < 4.78 is 5.40. The Balaban J connectivity index is 2.00. The molecular weight excluding hydrogens is 250 g/mol. The highest BCUT2D eigenvalue weighted by Gasteiger charge is 2.05. The molecule has 1 amide bonds. The molecule has 0 atom stereocenters. The minimum atomic E-state index is -0.0196. The maximum absolute atomic E-state index is 11.5. The highest BCUT2D eigenvalue weighted by molar-refractivity contribution is 7.13. The van der Waals surface area contributed by atoms with E-state index in [9.17, 15) is 4.79 Å². The number of nitrogens with two attached hydrogens (primary N) is 1. The molecule has 1 heterocycles. The molecule has 6 heteroatoms. The van der Waals surface area contributed by atoms with E-state index in [1.807, 2.05) is 5.38 Å². The minimum absolute atomic E-state index is 0.0196. The second kappa shape index (κ2) is 8.88. The van der Waals surface area contributed by atoms with E-state index in [2.05, 4.69) is 17.2 Å². The Bertz CT molecular complexity index is 355. The van der Waals surface area contributed by atoms with E-state index in [0.29, 0.717) is 24.7 Å². The van der Waals surface area contributed by atoms with Crippen molar-refractivity contribution in [3.05, 3.63) is 11.1 Å². The standard InChI is InChI=1S/C12H21N3O2S/c1-2-3-6-17-7-4-5-14-11(16)8-10-9-18-12(13)15-10/h9H,2-8H2,1H3,(H2,13,15)(H,14,16). The number of carbonyl (C=O) groups is 1. The number of unbranched alkanes of at least 4 members (excludes halogenated alkanes) is 1. The van der Waals surface area contributed by atoms with E-state index in [1.165, 1.54) is 11.3 Å². The van der Waals surface area contributed by atoms with Crippen LogP contribution < -0.4 is 11.1 Å². The smallest absolute Gasteiger partial charge is 0.226 e. The Hall–Kier alpha value is -1.14. The fourth-order valence-corrected chi connectivity index (χ4v) is 1.94. The molecular formula is C12H21N3O2S. The third-order valence-corrected chi connectivity index (χ3v) is 3.06. The summed E-state index contributed by atoms with van der Waals surface area (Å²) in [6.45, 7) is 4.28. The van der Waals surface area contributed by atoms with Crippen molar-refractivity contribution in [1.82, 2.24) is 10.3 Å². The van der Waals surface area contributed by atoms with Gasteiger partial charge in [0, 0.05) is 25.1 Å². The molecule has 0 aromatic carbocycles. The number of hydrogen-bond donors (Lipinski definition) is 2. The zero-order valence-electron chi connectivity index (χ0n) is 10.8. The molecule has 0 aliphatic heterocycles. The maximum atomic E-state index is 11.5. The highest BCUT2D eigenvalue weighted by atomic mass is 32.1. The molecule has 0 fully saturated rings. The zero-order valence-corrected chi connectivity index (χ0v) is 11.6. The number of carbonyl (C=O) groups excluding carboxylic acids is 1. The lowest BCUT2D eigenvalue weighted by atomic mass is 10.3. The molecule has 0 radical (unpaired) electrons. The van der Waals surface area contributed by atoms with Crippen molar-refractivity contribution >= 4 is 22.4 Å². The third-order valence-electron chi connectivity index (χ3n) is 2.34. The van der Waals surface area contributed by atoms with Gasteiger partial charge in [0.25, 0.3) is 0 Å². The number of aromatic nitrogens is 1. The fraction of sp³-hybridized carbons (Fsp3) is 0.667. The molecule has 5 nitrogen and oxygen atoms in total. The van der Waals surface area contributed by atoms with Crippen LogP contribution >= 0.6 is 11.3 Å². The van der Waals surface area contributed by atoms with Crippen molar-refractivity contribution in [3.63, 3.8) is 0 Å². The number of thiazole rings is 1. The summed E-state index contributed by atoms with van der Waals surface area (Å²) >= 11 is 1.35. The van der Waals surface area contributed by atoms with Crippen LogP contribution in [0.3, 0.4) is 0 Å². The van der Waals surface area contributed by atoms with Gasteiger partial charge in [0.1, 0.15) is 0 Å². The molecule has 0 aliphatic rings. The number of amides is 1. The van der Waals surface area contributed by atoms with E-state index in [4.69, 9.17) is 10.5 Å². The van der Waals surface area contributed by atoms with Crippen LogP contribution in [0.25, 0.3) is 0 Å². The van der Waals surface area contributed by atoms with E-state index in [0.717, 1.165) is 31.6 Å². The van der Waals surface area contributed by atoms with Crippen molar-refractivity contribution in [2.24, 2.45) is 0 Å². The Morgan fingerprint density at radius 1 is 1.50 bits per heavy atom. The maximum Gasteiger partial charge on any atom is 0.226 e. The van der Waals surface area contributed by atoms with Crippen LogP contribution in [-0.2, 0) is 16.0 Å². The van der Waals surface area contributed by atoms with E-state index < -0.39 is 0 Å². The van der Waals surface area contributed by atoms with Crippen molar-refractivity contribution in [2.75, 3.05) is 25.5 Å². The lowest BCUT2D eigenvalue weighted by Gasteiger charge is -2.05. The van der Waals surface area contributed by atoms with Crippen LogP contribution in [0.5, 0.6) is 0 Å². The van der Waals surface area contributed by atoms with Gasteiger partial charge in [0.2, 0.25) is 5.91 Å². The van der Waals surface area contributed by atoms with Gasteiger partial charge in [-0.25, -0.2) is 4.98 Å². The minimum Gasteiger partial charge on any atom is -0.381 e. The highest BCUT2D eigenvalue weighted by Crippen LogP contribution is 2.11. The van der Waals surface area contributed by atoms with Crippen LogP contribution in [0.2, 0.25) is 0 Å². The molecule has 1 aromatic rings. The van der Waals surface area contributed by atoms with Crippen molar-refractivity contribution in [3.8, 4) is 0 Å². The molecule has 0 aliphatic carbocycles. The zero-order chi connectivity index (χ0) is 13.2. The van der Waals surface area contributed by atoms with Crippen LogP contribution in [0.4, 0.5) is 5.13 Å². The van der Waals surface area contributed by atoms with Gasteiger partial charge in [0.15, 0.2) is 5.13 Å². The molecule has 0 unspecified atom stereocenters. The second-order valence-electron chi connectivity index (χ2n) is 4.02. The largest absolute Gasteiger partial charge is 0.381 e. The molecule has 0 bridgehead atoms. The predicted molar refractivity (Wildman–Crippen MR) is 73.6 cm³/mol. The fourth-order valence-electron chi connectivity index (χ4n) is 1.38. The first-order chi connectivity index (χ1) is 8.72. The number of rotatable bonds is 9. The summed E-state index contributed by atoms with van der Waals surface area (Å²) in [5.74, 6) is -0.0196. The predicted octanol–water partition coefficient (Wildman–Crippen LogP) is 1.59. The van der Waals surface area contributed by atoms with E-state index >= 15 is 0 Å². The average Bonchev–Trinajstić information content (AvgIpc) is 2.73. The molecule has 18 heavy (non-hydrogen) atoms. The summed E-state index contributed by atoms with van der Waals surface area (Å²) in [5.41, 5.74) is 6.22. The molecule has 3 N–H and O–H groups in total. The summed E-state index contributed by atoms with van der Waals surface area (Å²) in [6, 6.07) is 0. The number of nitrogens with one attached hydrogen (secondary N) is 1. The quantitative estimate of drug-likeness (QED) is 0.669. The number of hydrogen-bond acceptors (Lipinski definition) is 5. The average molecular weight is 271 g/mol.